The fraction of sp³-hybridized carbons (Fsp3) is 0.0816. The number of rotatable bonds is 9. The third-order valence-corrected chi connectivity index (χ3v) is 24.2. The lowest BCUT2D eigenvalue weighted by Crippen LogP contribution is -2.61. The Morgan fingerprint density at radius 2 is 0.644 bits per heavy atom. The first-order chi connectivity index (χ1) is 50.8. The number of fused-ring (bicyclic) bond motifs is 13. The van der Waals surface area contributed by atoms with E-state index in [1.165, 1.54) is 90.1 Å². The van der Waals surface area contributed by atoms with E-state index in [9.17, 15) is 0 Å². The quantitative estimate of drug-likeness (QED) is 0.134. The van der Waals surface area contributed by atoms with Crippen LogP contribution < -0.4 is 26.2 Å². The van der Waals surface area contributed by atoms with Crippen molar-refractivity contribution >= 4 is 142 Å². The average Bonchev–Trinajstić information content (AvgIpc) is 0.749. The van der Waals surface area contributed by atoms with Crippen molar-refractivity contribution in [2.75, 3.05) is 9.80 Å². The van der Waals surface area contributed by atoms with Gasteiger partial charge in [-0.1, -0.05) is 272 Å². The fourth-order valence-electron chi connectivity index (χ4n) is 16.9. The summed E-state index contributed by atoms with van der Waals surface area (Å²) in [5, 5.41) is 7.32. The highest BCUT2D eigenvalue weighted by Crippen LogP contribution is 2.56. The summed E-state index contributed by atoms with van der Waals surface area (Å²) >= 11 is 3.76. The van der Waals surface area contributed by atoms with Crippen LogP contribution in [0, 0.1) is 0 Å². The maximum Gasteiger partial charge on any atom is 0.252 e. The van der Waals surface area contributed by atoms with Crippen molar-refractivity contribution in [1.82, 2.24) is 0 Å². The molecule has 0 unspecified atom stereocenters. The summed E-state index contributed by atoms with van der Waals surface area (Å²) in [6.45, 7) is 13.8. The van der Waals surface area contributed by atoms with E-state index in [-0.39, 0.29) is 17.5 Å². The second kappa shape index (κ2) is 23.9. The van der Waals surface area contributed by atoms with Crippen LogP contribution in [0.2, 0.25) is 0 Å². The van der Waals surface area contributed by atoms with Gasteiger partial charge in [-0.25, -0.2) is 0 Å². The number of nitrogens with zero attached hydrogens (tertiary/aromatic N) is 2. The molecule has 20 rings (SSSR count). The molecule has 0 amide bonds. The molecule has 0 aliphatic carbocycles. The number of thiophene rings is 2. The van der Waals surface area contributed by atoms with Crippen molar-refractivity contribution in [2.45, 2.75) is 52.4 Å². The van der Waals surface area contributed by atoms with Gasteiger partial charge in [-0.05, 0) is 185 Å². The Hall–Kier alpha value is -11.8. The molecule has 0 saturated carbocycles. The Labute approximate surface area is 614 Å². The molecule has 0 spiro atoms. The summed E-state index contributed by atoms with van der Waals surface area (Å²) in [6, 6.07) is 122. The van der Waals surface area contributed by atoms with Gasteiger partial charge in [0.2, 0.25) is 0 Å². The van der Waals surface area contributed by atoms with Gasteiger partial charge in [0.1, 0.15) is 11.2 Å². The zero-order valence-electron chi connectivity index (χ0n) is 58.8. The number of anilines is 6. The third kappa shape index (κ3) is 9.98. The molecule has 3 aromatic heterocycles. The number of hydrogen-bond acceptors (Lipinski definition) is 5. The Morgan fingerprint density at radius 3 is 1.08 bits per heavy atom. The lowest BCUT2D eigenvalue weighted by molar-refractivity contribution is 0.590. The summed E-state index contributed by atoms with van der Waals surface area (Å²) in [6.07, 6.45) is 0. The minimum atomic E-state index is -0.299. The van der Waals surface area contributed by atoms with Gasteiger partial charge in [-0.2, -0.15) is 0 Å². The highest BCUT2D eigenvalue weighted by Gasteiger charge is 2.46. The highest BCUT2D eigenvalue weighted by atomic mass is 32.1. The van der Waals surface area contributed by atoms with E-state index in [0.717, 1.165) is 112 Å². The van der Waals surface area contributed by atoms with E-state index in [1.807, 2.05) is 22.7 Å². The fourth-order valence-corrected chi connectivity index (χ4v) is 19.2. The minimum Gasteiger partial charge on any atom is -0.456 e. The van der Waals surface area contributed by atoms with Crippen molar-refractivity contribution in [3.05, 3.63) is 333 Å². The van der Waals surface area contributed by atoms with Gasteiger partial charge in [0, 0.05) is 96.1 Å². The normalized spacial score (nSPS) is 12.8. The lowest BCUT2D eigenvalue weighted by Gasteiger charge is -2.46. The van der Waals surface area contributed by atoms with Crippen LogP contribution in [0.3, 0.4) is 0 Å². The molecule has 3 nitrogen and oxygen atoms in total. The molecule has 0 atom stereocenters. The van der Waals surface area contributed by atoms with E-state index in [0.29, 0.717) is 0 Å². The molecular weight excluding hydrogens is 1300 g/mol. The van der Waals surface area contributed by atoms with Gasteiger partial charge in [0.15, 0.2) is 0 Å². The summed E-state index contributed by atoms with van der Waals surface area (Å²) in [4.78, 5) is 5.43. The van der Waals surface area contributed by atoms with E-state index < -0.39 is 0 Å². The molecule has 15 aromatic carbocycles. The number of furan rings is 1. The van der Waals surface area contributed by atoms with E-state index >= 15 is 0 Å². The predicted octanol–water partition coefficient (Wildman–Crippen LogP) is 26.7. The summed E-state index contributed by atoms with van der Waals surface area (Å²) in [5.74, 6) is 0. The van der Waals surface area contributed by atoms with Crippen molar-refractivity contribution in [3.63, 3.8) is 0 Å². The minimum absolute atomic E-state index is 0.204. The van der Waals surface area contributed by atoms with Gasteiger partial charge in [-0.15, -0.1) is 22.7 Å². The van der Waals surface area contributed by atoms with Crippen molar-refractivity contribution in [2.24, 2.45) is 0 Å². The van der Waals surface area contributed by atoms with Crippen LogP contribution in [0.1, 0.15) is 52.7 Å². The van der Waals surface area contributed by atoms with Crippen LogP contribution in [0.4, 0.5) is 34.1 Å². The Kier molecular flexibility index (Phi) is 14.3. The van der Waals surface area contributed by atoms with Gasteiger partial charge in [0.25, 0.3) is 6.71 Å². The van der Waals surface area contributed by atoms with Gasteiger partial charge >= 0.3 is 0 Å². The van der Waals surface area contributed by atoms with Crippen LogP contribution in [0.15, 0.2) is 326 Å². The molecule has 2 aliphatic heterocycles. The van der Waals surface area contributed by atoms with E-state index in [1.54, 1.807) is 0 Å². The maximum absolute atomic E-state index is 6.67. The van der Waals surface area contributed by atoms with Crippen LogP contribution in [-0.4, -0.2) is 6.71 Å². The maximum atomic E-state index is 6.67. The molecule has 0 saturated heterocycles. The highest BCUT2D eigenvalue weighted by molar-refractivity contribution is 7.26. The number of hydrogen-bond donors (Lipinski definition) is 0. The smallest absolute Gasteiger partial charge is 0.252 e. The Balaban J connectivity index is 0.991. The first kappa shape index (κ1) is 62.0. The van der Waals surface area contributed by atoms with Gasteiger partial charge in [0.05, 0.1) is 11.4 Å². The zero-order valence-corrected chi connectivity index (χ0v) is 60.4. The second-order valence-corrected chi connectivity index (χ2v) is 32.4. The van der Waals surface area contributed by atoms with E-state index in [2.05, 4.69) is 373 Å². The predicted molar refractivity (Wildman–Crippen MR) is 449 cm³/mol. The van der Waals surface area contributed by atoms with Crippen LogP contribution in [0.5, 0.6) is 0 Å². The average molecular weight is 1370 g/mol. The zero-order chi connectivity index (χ0) is 69.7. The second-order valence-electron chi connectivity index (χ2n) is 30.2. The summed E-state index contributed by atoms with van der Waals surface area (Å²) in [7, 11) is 0. The van der Waals surface area contributed by atoms with E-state index in [4.69, 9.17) is 4.42 Å². The molecule has 494 valence electrons. The molecule has 104 heavy (non-hydrogen) atoms. The van der Waals surface area contributed by atoms with Crippen molar-refractivity contribution < 1.29 is 4.42 Å². The lowest BCUT2D eigenvalue weighted by atomic mass is 9.33. The molecule has 18 aromatic rings. The van der Waals surface area contributed by atoms with Crippen molar-refractivity contribution in [1.29, 1.82) is 0 Å². The van der Waals surface area contributed by atoms with Crippen LogP contribution in [0.25, 0.3) is 140 Å². The summed E-state index contributed by atoms with van der Waals surface area (Å²) < 4.78 is 11.8. The molecule has 0 fully saturated rings. The number of para-hydroxylation sites is 1. The summed E-state index contributed by atoms with van der Waals surface area (Å²) in [5.41, 5.74) is 30.5. The molecule has 2 aliphatic rings. The van der Waals surface area contributed by atoms with Gasteiger partial charge < -0.3 is 14.2 Å². The van der Waals surface area contributed by atoms with Crippen LogP contribution in [-0.2, 0) is 10.8 Å². The van der Waals surface area contributed by atoms with Crippen molar-refractivity contribution in [3.8, 4) is 77.9 Å². The first-order valence-corrected chi connectivity index (χ1v) is 37.9. The molecule has 0 N–H and O–H groups in total. The largest absolute Gasteiger partial charge is 0.456 e. The third-order valence-electron chi connectivity index (χ3n) is 21.9. The molecule has 0 radical (unpaired) electrons. The first-order valence-electron chi connectivity index (χ1n) is 36.2. The Morgan fingerprint density at radius 1 is 0.269 bits per heavy atom. The van der Waals surface area contributed by atoms with Gasteiger partial charge in [-0.3, -0.25) is 0 Å². The molecule has 0 bridgehead atoms. The monoisotopic (exact) mass is 1370 g/mol. The topological polar surface area (TPSA) is 19.6 Å². The Bertz CT molecular complexity index is 6050. The molecule has 6 heteroatoms. The SMILES string of the molecule is CC(C)(C)c1cc(-c2ccccc2)c(N2c3ccc(-c4cccc5sc6ccccc6c45)cc3B3c4cc(-c5cccc6sc7ccccc7c56)ccc4N(c4c(-c5ccccc5)cc(C(C)(C)C)cc4-c4ccccc4)c4cc(-c5ccc6oc7ccccc7c6c5)cc2c43)c(-c2ccccc2)c1. The van der Waals surface area contributed by atoms with Crippen LogP contribution >= 0.6 is 22.7 Å². The number of benzene rings is 15. The standard InChI is InChI=1S/C98H71BN2OS2/c1-97(2,3)68-56-75(60-27-11-7-12-28-60)95(76(57-68)61-29-13-8-14-30-61)100-82-48-45-65(70-38-25-43-90-92(70)73-36-20-23-41-88(73)103-90)52-80(82)99-81-53-66(71-39-26-44-91-93(71)74-37-21-24-42-89(74)104-91)46-49-83(81)101(85-55-67(54-84(100)94(85)99)64-47-50-87-79(51-64)72-35-19-22-40-86(72)102-87)96-77(62-31-15-9-16-32-62)58-69(98(4,5)6)59-78(96)63-33-17-10-18-34-63/h7-59H,1-6H3. The molecular formula is C98H71BN2OS2. The molecule has 5 heterocycles.